The van der Waals surface area contributed by atoms with Gasteiger partial charge >= 0.3 is 6.18 Å². The number of aliphatic hydroxyl groups is 1. The van der Waals surface area contributed by atoms with Crippen molar-refractivity contribution in [3.63, 3.8) is 0 Å². The van der Waals surface area contributed by atoms with Gasteiger partial charge in [-0.25, -0.2) is 13.3 Å². The zero-order chi connectivity index (χ0) is 21.6. The fourth-order valence-electron chi connectivity index (χ4n) is 2.81. The van der Waals surface area contributed by atoms with E-state index in [1.807, 2.05) is 0 Å². The highest BCUT2D eigenvalue weighted by Gasteiger charge is 2.32. The number of aromatic nitrogens is 2. The van der Waals surface area contributed by atoms with E-state index in [4.69, 9.17) is 0 Å². The molecule has 2 heterocycles. The Morgan fingerprint density at radius 3 is 2.41 bits per heavy atom. The summed E-state index contributed by atoms with van der Waals surface area (Å²) >= 11 is 0. The number of benzene rings is 1. The first-order valence-corrected chi connectivity index (χ1v) is 8.42. The van der Waals surface area contributed by atoms with Crippen LogP contribution in [-0.4, -0.2) is 26.2 Å². The quantitative estimate of drug-likeness (QED) is 0.624. The predicted molar refractivity (Wildman–Crippen MR) is 95.1 cm³/mol. The molecule has 0 atom stereocenters. The molecule has 3 aromatic rings. The number of nitrogens with zero attached hydrogens (tertiary/aromatic N) is 2. The summed E-state index contributed by atoms with van der Waals surface area (Å²) < 4.78 is 67.6. The van der Waals surface area contributed by atoms with Crippen LogP contribution in [0, 0.1) is 11.6 Å². The highest BCUT2D eigenvalue weighted by atomic mass is 19.4. The number of carbonyl (C=O) groups is 1. The largest absolute Gasteiger partial charge is 0.416 e. The molecule has 0 radical (unpaired) electrons. The van der Waals surface area contributed by atoms with E-state index in [-0.39, 0.29) is 28.9 Å². The topological polar surface area (TPSA) is 66.6 Å². The average Bonchev–Trinajstić information content (AvgIpc) is 2.91. The van der Waals surface area contributed by atoms with Gasteiger partial charge in [0.25, 0.3) is 0 Å². The molecule has 10 heteroatoms. The second-order valence-corrected chi connectivity index (χ2v) is 7.13. The third kappa shape index (κ3) is 4.53. The number of fused-ring (bicyclic) bond motifs is 1. The van der Waals surface area contributed by atoms with Gasteiger partial charge < -0.3 is 10.4 Å². The number of rotatable bonds is 4. The van der Waals surface area contributed by atoms with Crippen molar-refractivity contribution in [2.45, 2.75) is 32.0 Å². The molecule has 0 saturated carbocycles. The van der Waals surface area contributed by atoms with E-state index in [2.05, 4.69) is 10.4 Å². The van der Waals surface area contributed by atoms with E-state index < -0.39 is 34.9 Å². The first-order chi connectivity index (χ1) is 13.3. The summed E-state index contributed by atoms with van der Waals surface area (Å²) in [6.07, 6.45) is -3.90. The van der Waals surface area contributed by atoms with Crippen LogP contribution in [0.4, 0.5) is 27.8 Å². The van der Waals surface area contributed by atoms with Crippen LogP contribution in [0.3, 0.4) is 0 Å². The SMILES string of the molecule is CC(C)(O)CC(=O)Nc1nn2ccc(C(F)(F)F)cc2c1-c1ccc(F)c(F)c1. The van der Waals surface area contributed by atoms with Crippen LogP contribution in [0.2, 0.25) is 0 Å². The smallest absolute Gasteiger partial charge is 0.390 e. The number of halogens is 5. The summed E-state index contributed by atoms with van der Waals surface area (Å²) in [5.41, 5.74) is -2.36. The first-order valence-electron chi connectivity index (χ1n) is 8.42. The second-order valence-electron chi connectivity index (χ2n) is 7.13. The van der Waals surface area contributed by atoms with Crippen molar-refractivity contribution in [2.24, 2.45) is 0 Å². The number of carbonyl (C=O) groups excluding carboxylic acids is 1. The van der Waals surface area contributed by atoms with Crippen LogP contribution in [0.1, 0.15) is 25.8 Å². The monoisotopic (exact) mass is 413 g/mol. The predicted octanol–water partition coefficient (Wildman–Crippen LogP) is 4.40. The van der Waals surface area contributed by atoms with Gasteiger partial charge in [-0.3, -0.25) is 4.79 Å². The fraction of sp³-hybridized carbons (Fsp3) is 0.263. The van der Waals surface area contributed by atoms with Crippen LogP contribution in [-0.2, 0) is 11.0 Å². The fourth-order valence-corrected chi connectivity index (χ4v) is 2.81. The molecule has 0 aliphatic carbocycles. The minimum Gasteiger partial charge on any atom is -0.390 e. The van der Waals surface area contributed by atoms with Crippen molar-refractivity contribution in [2.75, 3.05) is 5.32 Å². The number of anilines is 1. The number of hydrogen-bond donors (Lipinski definition) is 2. The Morgan fingerprint density at radius 1 is 1.14 bits per heavy atom. The molecule has 1 amide bonds. The van der Waals surface area contributed by atoms with E-state index in [0.717, 1.165) is 35.0 Å². The summed E-state index contributed by atoms with van der Waals surface area (Å²) in [5.74, 6) is -3.14. The molecule has 0 unspecified atom stereocenters. The standard InChI is InChI=1S/C19H16F5N3O2/c1-18(2,29)9-15(28)25-17-16(10-3-4-12(20)13(21)7-10)14-8-11(19(22,23)24)5-6-27(14)26-17/h3-8,29H,9H2,1-2H3,(H,25,26,28). The molecule has 2 N–H and O–H groups in total. The lowest BCUT2D eigenvalue weighted by molar-refractivity contribution is -0.137. The van der Waals surface area contributed by atoms with E-state index in [1.54, 1.807) is 0 Å². The number of amides is 1. The minimum atomic E-state index is -4.64. The highest BCUT2D eigenvalue weighted by Crippen LogP contribution is 2.36. The van der Waals surface area contributed by atoms with Gasteiger partial charge in [-0.15, -0.1) is 5.10 Å². The third-order valence-electron chi connectivity index (χ3n) is 4.02. The summed E-state index contributed by atoms with van der Waals surface area (Å²) in [6.45, 7) is 2.81. The molecular weight excluding hydrogens is 397 g/mol. The Hall–Kier alpha value is -3.01. The van der Waals surface area contributed by atoms with E-state index in [0.29, 0.717) is 0 Å². The molecule has 2 aromatic heterocycles. The number of nitrogens with one attached hydrogen (secondary N) is 1. The number of hydrogen-bond acceptors (Lipinski definition) is 3. The first kappa shape index (κ1) is 20.7. The van der Waals surface area contributed by atoms with Crippen LogP contribution in [0.5, 0.6) is 0 Å². The van der Waals surface area contributed by atoms with Gasteiger partial charge in [0.2, 0.25) is 5.91 Å². The van der Waals surface area contributed by atoms with Crippen molar-refractivity contribution in [1.29, 1.82) is 0 Å². The molecule has 154 valence electrons. The van der Waals surface area contributed by atoms with Crippen LogP contribution >= 0.6 is 0 Å². The Labute approximate surface area is 161 Å². The minimum absolute atomic E-state index is 0.0147. The second kappa shape index (κ2) is 7.11. The normalized spacial score (nSPS) is 12.4. The van der Waals surface area contributed by atoms with Crippen molar-refractivity contribution in [3.05, 3.63) is 53.7 Å². The summed E-state index contributed by atoms with van der Waals surface area (Å²) in [4.78, 5) is 12.2. The maximum absolute atomic E-state index is 13.8. The van der Waals surface area contributed by atoms with E-state index in [9.17, 15) is 31.9 Å². The Kier molecular flexibility index (Phi) is 5.08. The summed E-state index contributed by atoms with van der Waals surface area (Å²) in [7, 11) is 0. The van der Waals surface area contributed by atoms with E-state index in [1.165, 1.54) is 19.9 Å². The Bertz CT molecular complexity index is 1080. The zero-order valence-corrected chi connectivity index (χ0v) is 15.3. The molecule has 0 bridgehead atoms. The molecular formula is C19H16F5N3O2. The van der Waals surface area contributed by atoms with E-state index >= 15 is 0 Å². The molecule has 0 fully saturated rings. The average molecular weight is 413 g/mol. The van der Waals surface area contributed by atoms with Crippen LogP contribution in [0.25, 0.3) is 16.6 Å². The summed E-state index contributed by atoms with van der Waals surface area (Å²) in [6, 6.07) is 4.40. The van der Waals surface area contributed by atoms with Crippen LogP contribution < -0.4 is 5.32 Å². The lowest BCUT2D eigenvalue weighted by atomic mass is 10.0. The lowest BCUT2D eigenvalue weighted by Gasteiger charge is -2.16. The van der Waals surface area contributed by atoms with Gasteiger partial charge in [-0.2, -0.15) is 13.2 Å². The maximum atomic E-state index is 13.8. The summed E-state index contributed by atoms with van der Waals surface area (Å²) in [5, 5.41) is 16.3. The molecule has 29 heavy (non-hydrogen) atoms. The highest BCUT2D eigenvalue weighted by molar-refractivity contribution is 5.99. The number of alkyl halides is 3. The molecule has 3 rings (SSSR count). The van der Waals surface area contributed by atoms with Crippen molar-refractivity contribution in [3.8, 4) is 11.1 Å². The van der Waals surface area contributed by atoms with Gasteiger partial charge in [-0.1, -0.05) is 6.07 Å². The molecule has 0 spiro atoms. The van der Waals surface area contributed by atoms with Crippen molar-refractivity contribution in [1.82, 2.24) is 9.61 Å². The van der Waals surface area contributed by atoms with Gasteiger partial charge in [-0.05, 0) is 43.7 Å². The van der Waals surface area contributed by atoms with Crippen molar-refractivity contribution < 1.29 is 31.9 Å². The Balaban J connectivity index is 2.19. The molecule has 0 aliphatic rings. The van der Waals surface area contributed by atoms with Crippen molar-refractivity contribution >= 4 is 17.2 Å². The van der Waals surface area contributed by atoms with Gasteiger partial charge in [0.1, 0.15) is 0 Å². The molecule has 0 aliphatic heterocycles. The zero-order valence-electron chi connectivity index (χ0n) is 15.3. The van der Waals surface area contributed by atoms with Gasteiger partial charge in [0.15, 0.2) is 17.5 Å². The number of pyridine rings is 1. The Morgan fingerprint density at radius 2 is 1.83 bits per heavy atom. The van der Waals surface area contributed by atoms with Gasteiger partial charge in [0.05, 0.1) is 28.7 Å². The van der Waals surface area contributed by atoms with Gasteiger partial charge in [0, 0.05) is 6.20 Å². The molecule has 0 saturated heterocycles. The molecule has 1 aromatic carbocycles. The molecule has 5 nitrogen and oxygen atoms in total. The maximum Gasteiger partial charge on any atom is 0.416 e. The van der Waals surface area contributed by atoms with Crippen LogP contribution in [0.15, 0.2) is 36.5 Å². The third-order valence-corrected chi connectivity index (χ3v) is 4.02. The lowest BCUT2D eigenvalue weighted by Crippen LogP contribution is -2.27.